The molecule has 0 radical (unpaired) electrons. The van der Waals surface area contributed by atoms with E-state index in [0.717, 1.165) is 44.9 Å². The zero-order chi connectivity index (χ0) is 20.3. The molecule has 4 nitrogen and oxygen atoms in total. The zero-order valence-corrected chi connectivity index (χ0v) is 22.8. The van der Waals surface area contributed by atoms with E-state index in [1.165, 1.54) is 0 Å². The lowest BCUT2D eigenvalue weighted by Gasteiger charge is -2.11. The smallest absolute Gasteiger partial charge is 0.363 e. The Kier molecular flexibility index (Phi) is 8.19. The van der Waals surface area contributed by atoms with Crippen molar-refractivity contribution in [3.63, 3.8) is 0 Å². The summed E-state index contributed by atoms with van der Waals surface area (Å²) in [6.45, 7) is 2.84. The highest BCUT2D eigenvalue weighted by atomic mass is 127. The van der Waals surface area contributed by atoms with Crippen molar-refractivity contribution in [1.82, 2.24) is 0 Å². The predicted octanol–water partition coefficient (Wildman–Crippen LogP) is 6.79. The number of halogens is 4. The molecule has 0 saturated heterocycles. The molecule has 8 heteroatoms. The normalized spacial score (nSPS) is 15.0. The number of benzene rings is 2. The number of nitrogens with zero attached hydrogens (tertiary/aromatic N) is 1. The van der Waals surface area contributed by atoms with Crippen molar-refractivity contribution in [2.24, 2.45) is 4.99 Å². The van der Waals surface area contributed by atoms with Gasteiger partial charge in [0, 0.05) is 13.6 Å². The average Bonchev–Trinajstić information content (AvgIpc) is 3.00. The van der Waals surface area contributed by atoms with E-state index in [9.17, 15) is 4.79 Å². The number of ether oxygens (including phenoxy) is 2. The number of carbonyl (C=O) groups excluding carboxylic acids is 1. The largest absolute Gasteiger partial charge is 0.491 e. The Labute approximate surface area is 213 Å². The van der Waals surface area contributed by atoms with Crippen molar-refractivity contribution in [3.05, 3.63) is 62.3 Å². The van der Waals surface area contributed by atoms with Gasteiger partial charge in [-0.2, -0.15) is 0 Å². The number of aliphatic imine (C=N–C) groups is 1. The van der Waals surface area contributed by atoms with Crippen LogP contribution in [0.5, 0.6) is 5.75 Å². The number of unbranched alkanes of at least 4 members (excludes halogenated alkanes) is 1. The fourth-order valence-electron chi connectivity index (χ4n) is 2.44. The van der Waals surface area contributed by atoms with Crippen molar-refractivity contribution in [3.8, 4) is 5.75 Å². The van der Waals surface area contributed by atoms with Gasteiger partial charge in [-0.15, -0.1) is 0 Å². The summed E-state index contributed by atoms with van der Waals surface area (Å²) in [6.07, 6.45) is 3.87. The summed E-state index contributed by atoms with van der Waals surface area (Å²) < 4.78 is 15.3. The number of carbonyl (C=O) groups is 1. The van der Waals surface area contributed by atoms with Gasteiger partial charge in [0.2, 0.25) is 5.90 Å². The van der Waals surface area contributed by atoms with E-state index in [0.29, 0.717) is 12.5 Å². The Balaban J connectivity index is 1.87. The lowest BCUT2D eigenvalue weighted by Crippen LogP contribution is -2.05. The molecular formula is C20H15BrI3NO3. The molecule has 1 aliphatic rings. The third-order valence-corrected chi connectivity index (χ3v) is 7.80. The van der Waals surface area contributed by atoms with Crippen LogP contribution in [-0.2, 0) is 9.53 Å². The van der Waals surface area contributed by atoms with Gasteiger partial charge in [0.25, 0.3) is 0 Å². The lowest BCUT2D eigenvalue weighted by atomic mass is 10.2. The van der Waals surface area contributed by atoms with Crippen LogP contribution in [0.2, 0.25) is 0 Å². The maximum absolute atomic E-state index is 12.3. The van der Waals surface area contributed by atoms with E-state index in [1.54, 1.807) is 6.08 Å². The van der Waals surface area contributed by atoms with E-state index in [-0.39, 0.29) is 5.70 Å². The highest BCUT2D eigenvalue weighted by molar-refractivity contribution is 14.1. The quantitative estimate of drug-likeness (QED) is 0.141. The maximum atomic E-state index is 12.3. The van der Waals surface area contributed by atoms with Gasteiger partial charge >= 0.3 is 5.97 Å². The van der Waals surface area contributed by atoms with Gasteiger partial charge < -0.3 is 9.47 Å². The van der Waals surface area contributed by atoms with E-state index >= 15 is 0 Å². The Bertz CT molecular complexity index is 966. The number of hydrogen-bond acceptors (Lipinski definition) is 4. The summed E-state index contributed by atoms with van der Waals surface area (Å²) >= 11 is 10.2. The first-order valence-electron chi connectivity index (χ1n) is 8.49. The molecule has 0 amide bonds. The van der Waals surface area contributed by atoms with Crippen LogP contribution in [-0.4, -0.2) is 18.5 Å². The fourth-order valence-corrected chi connectivity index (χ4v) is 5.28. The Hall–Kier alpha value is -0.210. The third-order valence-electron chi connectivity index (χ3n) is 3.86. The molecule has 0 spiro atoms. The minimum Gasteiger partial charge on any atom is -0.491 e. The van der Waals surface area contributed by atoms with Gasteiger partial charge in [0.1, 0.15) is 5.75 Å². The van der Waals surface area contributed by atoms with Crippen LogP contribution in [0, 0.1) is 10.7 Å². The summed E-state index contributed by atoms with van der Waals surface area (Å²) in [5, 5.41) is 0. The first kappa shape index (κ1) is 22.5. The van der Waals surface area contributed by atoms with Crippen molar-refractivity contribution in [2.75, 3.05) is 6.61 Å². The monoisotopic (exact) mass is 777 g/mol. The molecule has 0 unspecified atom stereocenters. The molecule has 0 fully saturated rings. The van der Waals surface area contributed by atoms with Gasteiger partial charge in [0.15, 0.2) is 5.70 Å². The highest BCUT2D eigenvalue weighted by Crippen LogP contribution is 2.31. The molecule has 1 heterocycles. The summed E-state index contributed by atoms with van der Waals surface area (Å²) in [7, 11) is 0. The molecular weight excluding hydrogens is 763 g/mol. The van der Waals surface area contributed by atoms with Crippen LogP contribution >= 0.6 is 83.7 Å². The Morgan fingerprint density at radius 1 is 1.14 bits per heavy atom. The summed E-state index contributed by atoms with van der Waals surface area (Å²) in [6, 6.07) is 9.69. The van der Waals surface area contributed by atoms with Crippen molar-refractivity contribution in [2.45, 2.75) is 19.8 Å². The van der Waals surface area contributed by atoms with Crippen LogP contribution in [0.1, 0.15) is 30.9 Å². The van der Waals surface area contributed by atoms with Crippen molar-refractivity contribution >= 4 is 102 Å². The van der Waals surface area contributed by atoms with Gasteiger partial charge in [-0.3, -0.25) is 0 Å². The Morgan fingerprint density at radius 2 is 1.86 bits per heavy atom. The van der Waals surface area contributed by atoms with Gasteiger partial charge in [-0.25, -0.2) is 9.79 Å². The molecule has 28 heavy (non-hydrogen) atoms. The second kappa shape index (κ2) is 10.2. The second-order valence-electron chi connectivity index (χ2n) is 5.98. The van der Waals surface area contributed by atoms with E-state index in [2.05, 4.69) is 95.6 Å². The molecule has 0 bridgehead atoms. The van der Waals surface area contributed by atoms with Gasteiger partial charge in [0.05, 0.1) is 13.7 Å². The molecule has 0 aromatic heterocycles. The number of cyclic esters (lactones) is 1. The second-order valence-corrected chi connectivity index (χ2v) is 10.3. The van der Waals surface area contributed by atoms with E-state index in [1.807, 2.05) is 30.3 Å². The van der Waals surface area contributed by atoms with E-state index in [4.69, 9.17) is 9.47 Å². The molecule has 3 rings (SSSR count). The SMILES string of the molecule is CCCCOc1c(I)cc(/C=C2\N=C(c3ccc(I)c(Br)c3)OC2=O)cc1I. The minimum atomic E-state index is -0.446. The Morgan fingerprint density at radius 3 is 2.50 bits per heavy atom. The van der Waals surface area contributed by atoms with Crippen LogP contribution in [0.3, 0.4) is 0 Å². The average molecular weight is 778 g/mol. The molecule has 2 aromatic carbocycles. The first-order chi connectivity index (χ1) is 13.4. The van der Waals surface area contributed by atoms with Crippen LogP contribution < -0.4 is 4.74 Å². The van der Waals surface area contributed by atoms with Crippen molar-refractivity contribution in [1.29, 1.82) is 0 Å². The fraction of sp³-hybridized carbons (Fsp3) is 0.200. The third kappa shape index (κ3) is 5.48. The van der Waals surface area contributed by atoms with Crippen molar-refractivity contribution < 1.29 is 14.3 Å². The van der Waals surface area contributed by atoms with Crippen LogP contribution in [0.4, 0.5) is 0 Å². The summed E-state index contributed by atoms with van der Waals surface area (Å²) in [4.78, 5) is 16.7. The lowest BCUT2D eigenvalue weighted by molar-refractivity contribution is -0.129. The topological polar surface area (TPSA) is 47.9 Å². The van der Waals surface area contributed by atoms with E-state index < -0.39 is 5.97 Å². The molecule has 0 aliphatic carbocycles. The standard InChI is InChI=1S/C20H15BrI3NO3/c1-2-3-6-27-18-15(23)7-11(8-16(18)24)9-17-20(26)28-19(25-17)12-4-5-14(22)13(21)10-12/h4-5,7-10H,2-3,6H2,1H3/b17-9-. The molecule has 0 atom stereocenters. The molecule has 146 valence electrons. The van der Waals surface area contributed by atoms with Crippen LogP contribution in [0.25, 0.3) is 6.08 Å². The first-order valence-corrected chi connectivity index (χ1v) is 12.5. The number of rotatable bonds is 6. The molecule has 1 aliphatic heterocycles. The minimum absolute atomic E-state index is 0.288. The van der Waals surface area contributed by atoms with Gasteiger partial charge in [-0.1, -0.05) is 13.3 Å². The summed E-state index contributed by atoms with van der Waals surface area (Å²) in [5.74, 6) is 0.758. The zero-order valence-electron chi connectivity index (χ0n) is 14.8. The predicted molar refractivity (Wildman–Crippen MR) is 140 cm³/mol. The highest BCUT2D eigenvalue weighted by Gasteiger charge is 2.24. The molecule has 2 aromatic rings. The number of hydrogen-bond donors (Lipinski definition) is 0. The summed E-state index contributed by atoms with van der Waals surface area (Å²) in [5.41, 5.74) is 1.93. The van der Waals surface area contributed by atoms with Gasteiger partial charge in [-0.05, 0) is 132 Å². The number of esters is 1. The molecule has 0 N–H and O–H groups in total. The maximum Gasteiger partial charge on any atom is 0.363 e. The van der Waals surface area contributed by atoms with Crippen LogP contribution in [0.15, 0.2) is 45.5 Å². The molecule has 0 saturated carbocycles.